The van der Waals surface area contributed by atoms with Crippen LogP contribution in [0.2, 0.25) is 0 Å². The Morgan fingerprint density at radius 2 is 1.36 bits per heavy atom. The molecule has 3 aliphatic heterocycles. The van der Waals surface area contributed by atoms with Gasteiger partial charge in [-0.15, -0.1) is 23.5 Å². The molecule has 0 aromatic heterocycles. The van der Waals surface area contributed by atoms with E-state index in [9.17, 15) is 9.59 Å². The molecule has 14 heavy (non-hydrogen) atoms. The van der Waals surface area contributed by atoms with Crippen LogP contribution in [0.15, 0.2) is 0 Å². The maximum Gasteiger partial charge on any atom is 0.247 e. The summed E-state index contributed by atoms with van der Waals surface area (Å²) in [4.78, 5) is 27.4. The lowest BCUT2D eigenvalue weighted by Crippen LogP contribution is -2.61. The van der Waals surface area contributed by atoms with Crippen LogP contribution in [0.1, 0.15) is 0 Å². The molecule has 0 unspecified atom stereocenters. The van der Waals surface area contributed by atoms with E-state index in [0.717, 1.165) is 11.5 Å². The van der Waals surface area contributed by atoms with E-state index in [4.69, 9.17) is 0 Å². The molecular weight excluding hydrogens is 220 g/mol. The normalized spacial score (nSPS) is 36.3. The van der Waals surface area contributed by atoms with Gasteiger partial charge in [-0.2, -0.15) is 0 Å². The fourth-order valence-electron chi connectivity index (χ4n) is 2.11. The van der Waals surface area contributed by atoms with Crippen molar-refractivity contribution < 1.29 is 9.59 Å². The predicted octanol–water partition coefficient (Wildman–Crippen LogP) is -0.197. The maximum atomic E-state index is 11.9. The van der Waals surface area contributed by atoms with Gasteiger partial charge < -0.3 is 9.80 Å². The van der Waals surface area contributed by atoms with Crippen molar-refractivity contribution in [2.45, 2.75) is 12.1 Å². The average Bonchev–Trinajstić information content (AvgIpc) is 2.82. The zero-order chi connectivity index (χ0) is 9.71. The average molecular weight is 230 g/mol. The van der Waals surface area contributed by atoms with E-state index in [0.29, 0.717) is 11.8 Å². The highest BCUT2D eigenvalue weighted by molar-refractivity contribution is 7.99. The standard InChI is InChI=1S/C8H10N2O2S2/c11-7-5-1-13-3-9(5)8(12)6-2-14-4-10(6)7/h5-6H,1-4H2/t5-,6+. The van der Waals surface area contributed by atoms with E-state index in [2.05, 4.69) is 0 Å². The Kier molecular flexibility index (Phi) is 1.95. The summed E-state index contributed by atoms with van der Waals surface area (Å²) in [7, 11) is 0. The molecule has 0 N–H and O–H groups in total. The van der Waals surface area contributed by atoms with Crippen LogP contribution < -0.4 is 0 Å². The van der Waals surface area contributed by atoms with Crippen LogP contribution in [0.5, 0.6) is 0 Å². The van der Waals surface area contributed by atoms with Gasteiger partial charge in [0.15, 0.2) is 0 Å². The number of nitrogens with zero attached hydrogens (tertiary/aromatic N) is 2. The molecule has 0 aromatic rings. The van der Waals surface area contributed by atoms with Crippen LogP contribution in [-0.4, -0.2) is 57.0 Å². The van der Waals surface area contributed by atoms with Crippen molar-refractivity contribution in [3.8, 4) is 0 Å². The monoisotopic (exact) mass is 230 g/mol. The molecule has 0 spiro atoms. The molecule has 0 radical (unpaired) electrons. The SMILES string of the molecule is O=C1[C@@H]2CSCN2C(=O)[C@H]2CSCN12. The summed E-state index contributed by atoms with van der Waals surface area (Å²) in [5.41, 5.74) is 0. The van der Waals surface area contributed by atoms with Gasteiger partial charge in [0.25, 0.3) is 0 Å². The number of piperazine rings is 1. The van der Waals surface area contributed by atoms with Crippen molar-refractivity contribution in [3.63, 3.8) is 0 Å². The Labute approximate surface area is 90.4 Å². The predicted molar refractivity (Wildman–Crippen MR) is 55.9 cm³/mol. The first-order chi connectivity index (χ1) is 6.79. The molecule has 3 fully saturated rings. The minimum Gasteiger partial charge on any atom is -0.319 e. The molecule has 2 amide bonds. The highest BCUT2D eigenvalue weighted by atomic mass is 32.2. The summed E-state index contributed by atoms with van der Waals surface area (Å²) in [5, 5.41) is 0. The third kappa shape index (κ3) is 1.04. The van der Waals surface area contributed by atoms with E-state index in [1.807, 2.05) is 0 Å². The highest BCUT2D eigenvalue weighted by Gasteiger charge is 2.49. The van der Waals surface area contributed by atoms with Crippen LogP contribution in [0, 0.1) is 0 Å². The first kappa shape index (κ1) is 8.91. The minimum atomic E-state index is -0.164. The molecule has 3 saturated heterocycles. The zero-order valence-corrected chi connectivity index (χ0v) is 9.14. The minimum absolute atomic E-state index is 0.157. The lowest BCUT2D eigenvalue weighted by atomic mass is 10.1. The fraction of sp³-hybridized carbons (Fsp3) is 0.750. The van der Waals surface area contributed by atoms with E-state index in [1.54, 1.807) is 33.3 Å². The van der Waals surface area contributed by atoms with Crippen molar-refractivity contribution in [3.05, 3.63) is 0 Å². The molecule has 0 aromatic carbocycles. The Balaban J connectivity index is 1.96. The van der Waals surface area contributed by atoms with Gasteiger partial charge in [-0.3, -0.25) is 9.59 Å². The van der Waals surface area contributed by atoms with Crippen molar-refractivity contribution in [2.75, 3.05) is 23.3 Å². The summed E-state index contributed by atoms with van der Waals surface area (Å²) >= 11 is 3.35. The highest BCUT2D eigenvalue weighted by Crippen LogP contribution is 2.33. The van der Waals surface area contributed by atoms with Crippen LogP contribution in [0.25, 0.3) is 0 Å². The van der Waals surface area contributed by atoms with Crippen LogP contribution >= 0.6 is 23.5 Å². The second-order valence-corrected chi connectivity index (χ2v) is 5.65. The third-order valence-corrected chi connectivity index (χ3v) is 4.93. The number of hydrogen-bond acceptors (Lipinski definition) is 4. The Morgan fingerprint density at radius 1 is 0.929 bits per heavy atom. The van der Waals surface area contributed by atoms with Crippen LogP contribution in [-0.2, 0) is 9.59 Å². The van der Waals surface area contributed by atoms with E-state index in [1.165, 1.54) is 0 Å². The lowest BCUT2D eigenvalue weighted by Gasteiger charge is -2.37. The summed E-state index contributed by atoms with van der Waals surface area (Å²) in [5.74, 6) is 3.26. The van der Waals surface area contributed by atoms with Crippen molar-refractivity contribution in [1.82, 2.24) is 9.80 Å². The molecule has 3 aliphatic rings. The molecular formula is C8H10N2O2S2. The van der Waals surface area contributed by atoms with Gasteiger partial charge in [0.2, 0.25) is 11.8 Å². The Morgan fingerprint density at radius 3 is 1.79 bits per heavy atom. The molecule has 2 atom stereocenters. The number of rotatable bonds is 0. The number of fused-ring (bicyclic) bond motifs is 2. The van der Waals surface area contributed by atoms with Gasteiger partial charge in [0, 0.05) is 11.5 Å². The second-order valence-electron chi connectivity index (χ2n) is 3.65. The second kappa shape index (κ2) is 3.06. The topological polar surface area (TPSA) is 40.6 Å². The molecule has 4 nitrogen and oxygen atoms in total. The first-order valence-corrected chi connectivity index (χ1v) is 6.86. The van der Waals surface area contributed by atoms with Crippen LogP contribution in [0.4, 0.5) is 0 Å². The summed E-state index contributed by atoms with van der Waals surface area (Å²) in [6.45, 7) is 0. The van der Waals surface area contributed by atoms with E-state index >= 15 is 0 Å². The summed E-state index contributed by atoms with van der Waals surface area (Å²) in [6.07, 6.45) is 0. The maximum absolute atomic E-state index is 11.9. The van der Waals surface area contributed by atoms with Gasteiger partial charge in [-0.1, -0.05) is 0 Å². The van der Waals surface area contributed by atoms with Crippen molar-refractivity contribution in [2.24, 2.45) is 0 Å². The summed E-state index contributed by atoms with van der Waals surface area (Å²) < 4.78 is 0. The van der Waals surface area contributed by atoms with E-state index < -0.39 is 0 Å². The van der Waals surface area contributed by atoms with Gasteiger partial charge in [-0.05, 0) is 0 Å². The molecule has 6 heteroatoms. The van der Waals surface area contributed by atoms with Gasteiger partial charge in [-0.25, -0.2) is 0 Å². The fourth-order valence-corrected chi connectivity index (χ4v) is 4.42. The molecule has 76 valence electrons. The van der Waals surface area contributed by atoms with Gasteiger partial charge >= 0.3 is 0 Å². The number of carbonyl (C=O) groups is 2. The first-order valence-electron chi connectivity index (χ1n) is 4.55. The largest absolute Gasteiger partial charge is 0.319 e. The Hall–Kier alpha value is -0.360. The molecule has 0 saturated carbocycles. The number of hydrogen-bond donors (Lipinski definition) is 0. The lowest BCUT2D eigenvalue weighted by molar-refractivity contribution is -0.155. The number of amides is 2. The zero-order valence-electron chi connectivity index (χ0n) is 7.51. The van der Waals surface area contributed by atoms with E-state index in [-0.39, 0.29) is 23.9 Å². The smallest absolute Gasteiger partial charge is 0.247 e. The number of carbonyl (C=O) groups excluding carboxylic acids is 2. The number of thioether (sulfide) groups is 2. The van der Waals surface area contributed by atoms with Crippen LogP contribution in [0.3, 0.4) is 0 Å². The Bertz CT molecular complexity index is 256. The van der Waals surface area contributed by atoms with Crippen molar-refractivity contribution in [1.29, 1.82) is 0 Å². The summed E-state index contributed by atoms with van der Waals surface area (Å²) in [6, 6.07) is -0.329. The molecule has 0 bridgehead atoms. The van der Waals surface area contributed by atoms with Gasteiger partial charge in [0.05, 0.1) is 11.8 Å². The molecule has 3 rings (SSSR count). The third-order valence-electron chi connectivity index (χ3n) is 2.90. The molecule has 0 aliphatic carbocycles. The van der Waals surface area contributed by atoms with Crippen molar-refractivity contribution >= 4 is 35.3 Å². The van der Waals surface area contributed by atoms with Gasteiger partial charge in [0.1, 0.15) is 12.1 Å². The molecule has 3 heterocycles. The quantitative estimate of drug-likeness (QED) is 0.578.